The lowest BCUT2D eigenvalue weighted by Crippen LogP contribution is -2.53. The minimum atomic E-state index is -0.962. The number of aromatic amines is 1. The average molecular weight is 506 g/mol. The van der Waals surface area contributed by atoms with Gasteiger partial charge in [0.1, 0.15) is 11.7 Å². The van der Waals surface area contributed by atoms with E-state index in [1.807, 2.05) is 37.3 Å². The normalized spacial score (nSPS) is 23.3. The lowest BCUT2D eigenvalue weighted by molar-refractivity contribution is -0.140. The summed E-state index contributed by atoms with van der Waals surface area (Å²) >= 11 is 0. The van der Waals surface area contributed by atoms with Crippen molar-refractivity contribution >= 4 is 29.2 Å². The van der Waals surface area contributed by atoms with Crippen molar-refractivity contribution in [2.45, 2.75) is 69.2 Å². The minimum absolute atomic E-state index is 0.0383. The number of H-pyrrole nitrogens is 1. The van der Waals surface area contributed by atoms with Gasteiger partial charge in [0, 0.05) is 25.1 Å². The van der Waals surface area contributed by atoms with Crippen LogP contribution < -0.4 is 10.6 Å². The molecular formula is C27H31N5O5. The number of Topliss-reactive ketones (excluding diaryl/α,β-unsaturated/α-hetero) is 1. The number of aromatic nitrogens is 1. The fourth-order valence-corrected chi connectivity index (χ4v) is 4.98. The van der Waals surface area contributed by atoms with Gasteiger partial charge >= 0.3 is 0 Å². The molecule has 1 aromatic heterocycles. The summed E-state index contributed by atoms with van der Waals surface area (Å²) < 4.78 is 0. The zero-order chi connectivity index (χ0) is 26.0. The number of nitrogens with zero attached hydrogens (tertiary/aromatic N) is 2. The number of ketones is 1. The summed E-state index contributed by atoms with van der Waals surface area (Å²) in [5.74, 6) is -2.17. The van der Waals surface area contributed by atoms with Crippen LogP contribution in [0.4, 0.5) is 0 Å². The van der Waals surface area contributed by atoms with E-state index in [0.717, 1.165) is 24.1 Å². The lowest BCUT2D eigenvalue weighted by atomic mass is 9.91. The summed E-state index contributed by atoms with van der Waals surface area (Å²) in [6, 6.07) is 11.2. The molecule has 1 saturated heterocycles. The highest BCUT2D eigenvalue weighted by molar-refractivity contribution is 6.38. The third kappa shape index (κ3) is 5.28. The molecule has 37 heavy (non-hydrogen) atoms. The van der Waals surface area contributed by atoms with Gasteiger partial charge in [-0.1, -0.05) is 48.8 Å². The molecule has 10 heteroatoms. The number of benzene rings is 1. The number of amides is 3. The largest absolute Gasteiger partial charge is 0.387 e. The summed E-state index contributed by atoms with van der Waals surface area (Å²) in [5.41, 5.74) is 1.17. The number of rotatable bonds is 9. The second kappa shape index (κ2) is 10.2. The van der Waals surface area contributed by atoms with Gasteiger partial charge in [-0.25, -0.2) is 0 Å². The van der Waals surface area contributed by atoms with Crippen LogP contribution in [0.3, 0.4) is 0 Å². The molecule has 3 atom stereocenters. The zero-order valence-corrected chi connectivity index (χ0v) is 20.7. The van der Waals surface area contributed by atoms with E-state index in [9.17, 15) is 19.2 Å². The molecule has 3 heterocycles. The van der Waals surface area contributed by atoms with Crippen LogP contribution in [0.2, 0.25) is 0 Å². The molecule has 0 unspecified atom stereocenters. The smallest absolute Gasteiger partial charge is 0.289 e. The first-order chi connectivity index (χ1) is 17.9. The van der Waals surface area contributed by atoms with Gasteiger partial charge < -0.3 is 25.4 Å². The van der Waals surface area contributed by atoms with Gasteiger partial charge in [0.05, 0.1) is 18.3 Å². The highest BCUT2D eigenvalue weighted by atomic mass is 16.7. The van der Waals surface area contributed by atoms with Gasteiger partial charge in [-0.05, 0) is 37.0 Å². The second-order valence-electron chi connectivity index (χ2n) is 10.1. The highest BCUT2D eigenvalue weighted by Crippen LogP contribution is 2.39. The van der Waals surface area contributed by atoms with Crippen LogP contribution in [-0.2, 0) is 19.2 Å². The minimum Gasteiger partial charge on any atom is -0.387 e. The SMILES string of the molecule is CCC[C@H](NC(=O)[C@@H]1C[C@@]2(CC(c3ccccc3)=NO2)CN1C(=O)c1ccc[nH]1)C(=O)C(=O)NC1CC1. The molecule has 0 radical (unpaired) electrons. The van der Waals surface area contributed by atoms with Gasteiger partial charge in [-0.3, -0.25) is 19.2 Å². The van der Waals surface area contributed by atoms with Crippen LogP contribution in [0.25, 0.3) is 0 Å². The summed E-state index contributed by atoms with van der Waals surface area (Å²) in [4.78, 5) is 62.5. The molecule has 1 spiro atoms. The quantitative estimate of drug-likeness (QED) is 0.448. The second-order valence-corrected chi connectivity index (χ2v) is 10.1. The van der Waals surface area contributed by atoms with Crippen LogP contribution in [0.1, 0.15) is 61.5 Å². The first kappa shape index (κ1) is 24.7. The molecule has 0 bridgehead atoms. The summed E-state index contributed by atoms with van der Waals surface area (Å²) in [5, 5.41) is 9.76. The van der Waals surface area contributed by atoms with E-state index >= 15 is 0 Å². The zero-order valence-electron chi connectivity index (χ0n) is 20.7. The molecule has 194 valence electrons. The Kier molecular flexibility index (Phi) is 6.82. The van der Waals surface area contributed by atoms with E-state index in [2.05, 4.69) is 20.8 Å². The number of hydrogen-bond acceptors (Lipinski definition) is 6. The van der Waals surface area contributed by atoms with Crippen LogP contribution in [0.5, 0.6) is 0 Å². The number of oxime groups is 1. The van der Waals surface area contributed by atoms with Crippen LogP contribution in [0, 0.1) is 0 Å². The molecule has 2 aliphatic heterocycles. The average Bonchev–Trinajstić information content (AvgIpc) is 3.30. The number of likely N-dealkylation sites (tertiary alicyclic amines) is 1. The van der Waals surface area contributed by atoms with E-state index in [1.165, 1.54) is 4.90 Å². The Bertz CT molecular complexity index is 1210. The van der Waals surface area contributed by atoms with E-state index in [-0.39, 0.29) is 24.9 Å². The Labute approximate surface area is 214 Å². The molecule has 3 amide bonds. The standard InChI is InChI=1S/C27H31N5O5/c1-2-7-19(23(33)25(35)29-18-11-12-18)30-24(34)22-15-27(16-32(22)26(36)20-10-6-13-28-20)14-21(31-37-27)17-8-4-3-5-9-17/h3-6,8-10,13,18-19,22,28H,2,7,11-12,14-16H2,1H3,(H,29,35)(H,30,34)/t19-,22-,27-/m0/s1. The number of carbonyl (C=O) groups is 4. The first-order valence-corrected chi connectivity index (χ1v) is 12.8. The number of hydrogen-bond donors (Lipinski definition) is 3. The molecule has 2 fully saturated rings. The summed E-state index contributed by atoms with van der Waals surface area (Å²) in [6.45, 7) is 2.04. The fourth-order valence-electron chi connectivity index (χ4n) is 4.98. The maximum atomic E-state index is 13.6. The molecular weight excluding hydrogens is 474 g/mol. The lowest BCUT2D eigenvalue weighted by Gasteiger charge is -2.25. The molecule has 1 aliphatic carbocycles. The van der Waals surface area contributed by atoms with Crippen molar-refractivity contribution in [1.82, 2.24) is 20.5 Å². The summed E-state index contributed by atoms with van der Waals surface area (Å²) in [6.07, 6.45) is 4.94. The van der Waals surface area contributed by atoms with Gasteiger partial charge in [0.2, 0.25) is 11.7 Å². The predicted molar refractivity (Wildman–Crippen MR) is 135 cm³/mol. The molecule has 10 nitrogen and oxygen atoms in total. The fraction of sp³-hybridized carbons (Fsp3) is 0.444. The van der Waals surface area contributed by atoms with Crippen molar-refractivity contribution in [3.8, 4) is 0 Å². The Morgan fingerprint density at radius 2 is 1.95 bits per heavy atom. The van der Waals surface area contributed by atoms with Gasteiger partial charge in [-0.15, -0.1) is 0 Å². The van der Waals surface area contributed by atoms with Crippen LogP contribution >= 0.6 is 0 Å². The number of nitrogens with one attached hydrogen (secondary N) is 3. The Hall–Kier alpha value is -3.95. The third-order valence-corrected chi connectivity index (χ3v) is 7.08. The predicted octanol–water partition coefficient (Wildman–Crippen LogP) is 1.93. The van der Waals surface area contributed by atoms with E-state index in [0.29, 0.717) is 25.0 Å². The van der Waals surface area contributed by atoms with Crippen molar-refractivity contribution in [2.75, 3.05) is 6.54 Å². The van der Waals surface area contributed by atoms with Crippen LogP contribution in [-0.4, -0.2) is 69.4 Å². The van der Waals surface area contributed by atoms with Crippen molar-refractivity contribution in [3.05, 3.63) is 59.9 Å². The highest BCUT2D eigenvalue weighted by Gasteiger charge is 2.54. The van der Waals surface area contributed by atoms with Gasteiger partial charge in [0.15, 0.2) is 5.60 Å². The van der Waals surface area contributed by atoms with Crippen molar-refractivity contribution in [2.24, 2.45) is 5.16 Å². The van der Waals surface area contributed by atoms with Crippen molar-refractivity contribution in [1.29, 1.82) is 0 Å². The molecule has 3 N–H and O–H groups in total. The molecule has 1 saturated carbocycles. The van der Waals surface area contributed by atoms with E-state index < -0.39 is 35.3 Å². The molecule has 1 aromatic carbocycles. The summed E-state index contributed by atoms with van der Waals surface area (Å²) in [7, 11) is 0. The Morgan fingerprint density at radius 3 is 2.62 bits per heavy atom. The molecule has 3 aliphatic rings. The number of carbonyl (C=O) groups excluding carboxylic acids is 4. The van der Waals surface area contributed by atoms with Gasteiger partial charge in [0.25, 0.3) is 11.8 Å². The van der Waals surface area contributed by atoms with Crippen molar-refractivity contribution in [3.63, 3.8) is 0 Å². The maximum absolute atomic E-state index is 13.6. The van der Waals surface area contributed by atoms with E-state index in [1.54, 1.807) is 18.3 Å². The maximum Gasteiger partial charge on any atom is 0.289 e. The molecule has 5 rings (SSSR count). The van der Waals surface area contributed by atoms with Crippen molar-refractivity contribution < 1.29 is 24.0 Å². The first-order valence-electron chi connectivity index (χ1n) is 12.8. The Morgan fingerprint density at radius 1 is 1.16 bits per heavy atom. The topological polar surface area (TPSA) is 133 Å². The molecule has 2 aromatic rings. The van der Waals surface area contributed by atoms with E-state index in [4.69, 9.17) is 4.84 Å². The Balaban J connectivity index is 1.35. The third-order valence-electron chi connectivity index (χ3n) is 7.08. The monoisotopic (exact) mass is 505 g/mol. The van der Waals surface area contributed by atoms with Crippen LogP contribution in [0.15, 0.2) is 53.8 Å². The van der Waals surface area contributed by atoms with Gasteiger partial charge in [-0.2, -0.15) is 0 Å².